The lowest BCUT2D eigenvalue weighted by Crippen LogP contribution is -2.24. The Morgan fingerprint density at radius 3 is 2.72 bits per heavy atom. The van der Waals surface area contributed by atoms with Crippen molar-refractivity contribution in [3.63, 3.8) is 0 Å². The Morgan fingerprint density at radius 2 is 1.97 bits per heavy atom. The van der Waals surface area contributed by atoms with E-state index in [1.165, 1.54) is 0 Å². The van der Waals surface area contributed by atoms with E-state index in [4.69, 9.17) is 9.47 Å². The van der Waals surface area contributed by atoms with Gasteiger partial charge in [-0.15, -0.1) is 0 Å². The molecule has 0 saturated heterocycles. The number of amides is 1. The second-order valence-electron chi connectivity index (χ2n) is 8.58. The molecule has 4 aromatic rings. The zero-order valence-electron chi connectivity index (χ0n) is 21.2. The summed E-state index contributed by atoms with van der Waals surface area (Å²) in [5, 5.41) is 7.99. The number of rotatable bonds is 10. The van der Waals surface area contributed by atoms with E-state index >= 15 is 0 Å². The minimum Gasteiger partial charge on any atom is -0.496 e. The van der Waals surface area contributed by atoms with Gasteiger partial charge in [0.05, 0.1) is 32.2 Å². The smallest absolute Gasteiger partial charge is 0.251 e. The molecule has 0 fully saturated rings. The number of methoxy groups -OCH3 is 2. The molecule has 0 aliphatic rings. The molecule has 36 heavy (non-hydrogen) atoms. The predicted molar refractivity (Wildman–Crippen MR) is 138 cm³/mol. The first-order valence-corrected chi connectivity index (χ1v) is 11.7. The van der Waals surface area contributed by atoms with Gasteiger partial charge in [-0.05, 0) is 23.8 Å². The SMILES string of the molecule is CNC(=O)c1ccc(C(C)CN(C)c2cc(-c3cnc4c(cnn4CCOC)c3)ncn2)c(OC)c1. The Balaban J connectivity index is 1.52. The van der Waals surface area contributed by atoms with Crippen LogP contribution in [0.3, 0.4) is 0 Å². The van der Waals surface area contributed by atoms with E-state index in [9.17, 15) is 4.79 Å². The molecule has 188 valence electrons. The number of carbonyl (C=O) groups is 1. The molecule has 0 saturated carbocycles. The molecule has 10 nitrogen and oxygen atoms in total. The maximum atomic E-state index is 12.0. The number of benzene rings is 1. The van der Waals surface area contributed by atoms with Crippen molar-refractivity contribution in [2.45, 2.75) is 19.4 Å². The highest BCUT2D eigenvalue weighted by Crippen LogP contribution is 2.30. The molecule has 1 amide bonds. The summed E-state index contributed by atoms with van der Waals surface area (Å²) in [5.74, 6) is 1.46. The van der Waals surface area contributed by atoms with Gasteiger partial charge in [-0.25, -0.2) is 19.6 Å². The van der Waals surface area contributed by atoms with Gasteiger partial charge in [0, 0.05) is 62.4 Å². The predicted octanol–water partition coefficient (Wildman–Crippen LogP) is 3.14. The number of nitrogens with zero attached hydrogens (tertiary/aromatic N) is 6. The van der Waals surface area contributed by atoms with Crippen LogP contribution in [0.4, 0.5) is 5.82 Å². The van der Waals surface area contributed by atoms with Crippen LogP contribution >= 0.6 is 0 Å². The molecule has 0 aliphatic carbocycles. The number of hydrogen-bond donors (Lipinski definition) is 1. The van der Waals surface area contributed by atoms with E-state index < -0.39 is 0 Å². The highest BCUT2D eigenvalue weighted by Gasteiger charge is 2.17. The average Bonchev–Trinajstić information content (AvgIpc) is 3.33. The van der Waals surface area contributed by atoms with Gasteiger partial charge in [-0.2, -0.15) is 5.10 Å². The van der Waals surface area contributed by atoms with Crippen molar-refractivity contribution >= 4 is 22.8 Å². The number of likely N-dealkylation sites (N-methyl/N-ethyl adjacent to an activating group) is 1. The average molecular weight is 490 g/mol. The summed E-state index contributed by atoms with van der Waals surface area (Å²) < 4.78 is 12.6. The summed E-state index contributed by atoms with van der Waals surface area (Å²) in [6, 6.07) is 9.52. The van der Waals surface area contributed by atoms with Gasteiger partial charge in [0.25, 0.3) is 5.91 Å². The number of fused-ring (bicyclic) bond motifs is 1. The maximum absolute atomic E-state index is 12.0. The quantitative estimate of drug-likeness (QED) is 0.362. The van der Waals surface area contributed by atoms with Crippen molar-refractivity contribution in [1.82, 2.24) is 30.0 Å². The van der Waals surface area contributed by atoms with Crippen molar-refractivity contribution in [2.24, 2.45) is 0 Å². The van der Waals surface area contributed by atoms with Gasteiger partial charge in [0.1, 0.15) is 17.9 Å². The number of aromatic nitrogens is 5. The Labute approximate surface area is 210 Å². The van der Waals surface area contributed by atoms with Crippen molar-refractivity contribution in [2.75, 3.05) is 46.4 Å². The lowest BCUT2D eigenvalue weighted by Gasteiger charge is -2.24. The highest BCUT2D eigenvalue weighted by molar-refractivity contribution is 5.94. The zero-order chi connectivity index (χ0) is 25.7. The van der Waals surface area contributed by atoms with E-state index in [0.717, 1.165) is 33.7 Å². The molecule has 0 bridgehead atoms. The summed E-state index contributed by atoms with van der Waals surface area (Å²) in [6.45, 7) is 4.03. The van der Waals surface area contributed by atoms with Crippen LogP contribution in [0.15, 0.2) is 49.1 Å². The first kappa shape index (κ1) is 25.1. The summed E-state index contributed by atoms with van der Waals surface area (Å²) >= 11 is 0. The largest absolute Gasteiger partial charge is 0.496 e. The molecule has 3 aromatic heterocycles. The number of nitrogens with one attached hydrogen (secondary N) is 1. The topological polar surface area (TPSA) is 107 Å². The van der Waals surface area contributed by atoms with Crippen molar-refractivity contribution in [3.8, 4) is 17.0 Å². The second-order valence-corrected chi connectivity index (χ2v) is 8.58. The summed E-state index contributed by atoms with van der Waals surface area (Å²) in [6.07, 6.45) is 5.18. The number of pyridine rings is 1. The summed E-state index contributed by atoms with van der Waals surface area (Å²) in [5.41, 5.74) is 4.07. The minimum absolute atomic E-state index is 0.123. The number of ether oxygens (including phenoxy) is 2. The lowest BCUT2D eigenvalue weighted by atomic mass is 9.97. The normalized spacial score (nSPS) is 11.9. The fraction of sp³-hybridized carbons (Fsp3) is 0.346. The molecular formula is C26H31N7O3. The third-order valence-electron chi connectivity index (χ3n) is 6.12. The van der Waals surface area contributed by atoms with Gasteiger partial charge in [-0.1, -0.05) is 13.0 Å². The van der Waals surface area contributed by atoms with Crippen molar-refractivity contribution < 1.29 is 14.3 Å². The molecule has 0 aliphatic heterocycles. The van der Waals surface area contributed by atoms with Gasteiger partial charge in [0.15, 0.2) is 5.65 Å². The van der Waals surface area contributed by atoms with E-state index in [1.807, 2.05) is 36.0 Å². The van der Waals surface area contributed by atoms with Crippen LogP contribution in [-0.2, 0) is 11.3 Å². The first-order chi connectivity index (χ1) is 17.4. The fourth-order valence-electron chi connectivity index (χ4n) is 4.17. The fourth-order valence-corrected chi connectivity index (χ4v) is 4.17. The van der Waals surface area contributed by atoms with Crippen LogP contribution in [0.2, 0.25) is 0 Å². The van der Waals surface area contributed by atoms with Crippen molar-refractivity contribution in [3.05, 3.63) is 60.2 Å². The Hall–Kier alpha value is -4.05. The zero-order valence-corrected chi connectivity index (χ0v) is 21.2. The summed E-state index contributed by atoms with van der Waals surface area (Å²) in [7, 11) is 6.89. The maximum Gasteiger partial charge on any atom is 0.251 e. The molecule has 0 radical (unpaired) electrons. The standard InChI is InChI=1S/C26H31N7O3/c1-17(21-7-6-18(26(34)27-2)11-23(21)36-5)15-32(3)24-12-22(29-16-30-24)19-10-20-14-31-33(8-9-35-4)25(20)28-13-19/h6-7,10-14,16-17H,8-9,15H2,1-5H3,(H,27,34). The third-order valence-corrected chi connectivity index (χ3v) is 6.12. The third kappa shape index (κ3) is 5.28. The van der Waals surface area contributed by atoms with E-state index in [2.05, 4.69) is 37.2 Å². The molecule has 1 aromatic carbocycles. The van der Waals surface area contributed by atoms with Gasteiger partial charge in [-0.3, -0.25) is 4.79 Å². The number of hydrogen-bond acceptors (Lipinski definition) is 8. The van der Waals surface area contributed by atoms with Crippen LogP contribution in [0.1, 0.15) is 28.8 Å². The molecular weight excluding hydrogens is 458 g/mol. The van der Waals surface area contributed by atoms with Crippen molar-refractivity contribution in [1.29, 1.82) is 0 Å². The number of anilines is 1. The molecule has 10 heteroatoms. The van der Waals surface area contributed by atoms with Gasteiger partial charge >= 0.3 is 0 Å². The lowest BCUT2D eigenvalue weighted by molar-refractivity contribution is 0.0962. The highest BCUT2D eigenvalue weighted by atomic mass is 16.5. The molecule has 3 heterocycles. The number of carbonyl (C=O) groups excluding carboxylic acids is 1. The molecule has 4 rings (SSSR count). The molecule has 0 spiro atoms. The molecule has 1 unspecified atom stereocenters. The first-order valence-electron chi connectivity index (χ1n) is 11.7. The van der Waals surface area contributed by atoms with Crippen LogP contribution in [0.5, 0.6) is 5.75 Å². The Kier molecular flexibility index (Phi) is 7.74. The van der Waals surface area contributed by atoms with Crippen LogP contribution < -0.4 is 15.0 Å². The Morgan fingerprint density at radius 1 is 1.14 bits per heavy atom. The molecule has 1 atom stereocenters. The summed E-state index contributed by atoms with van der Waals surface area (Å²) in [4.78, 5) is 27.6. The monoisotopic (exact) mass is 489 g/mol. The van der Waals surface area contributed by atoms with E-state index in [0.29, 0.717) is 31.0 Å². The van der Waals surface area contributed by atoms with Gasteiger partial charge in [0.2, 0.25) is 0 Å². The Bertz CT molecular complexity index is 1350. The second kappa shape index (κ2) is 11.1. The minimum atomic E-state index is -0.145. The molecule has 1 N–H and O–H groups in total. The van der Waals surface area contributed by atoms with Crippen LogP contribution in [-0.4, -0.2) is 72.1 Å². The van der Waals surface area contributed by atoms with Gasteiger partial charge < -0.3 is 19.7 Å². The van der Waals surface area contributed by atoms with E-state index in [1.54, 1.807) is 46.1 Å². The van der Waals surface area contributed by atoms with Crippen LogP contribution in [0, 0.1) is 0 Å². The van der Waals surface area contributed by atoms with Crippen LogP contribution in [0.25, 0.3) is 22.3 Å². The van der Waals surface area contributed by atoms with E-state index in [-0.39, 0.29) is 11.8 Å².